The molecule has 1 aliphatic carbocycles. The van der Waals surface area contributed by atoms with Crippen molar-refractivity contribution < 1.29 is 9.90 Å². The summed E-state index contributed by atoms with van der Waals surface area (Å²) in [5, 5.41) is 12.6. The second-order valence-corrected chi connectivity index (χ2v) is 7.21. The molecule has 1 heterocycles. The molecule has 0 aliphatic heterocycles. The summed E-state index contributed by atoms with van der Waals surface area (Å²) < 4.78 is 0. The monoisotopic (exact) mass is 339 g/mol. The van der Waals surface area contributed by atoms with Crippen LogP contribution < -0.4 is 10.2 Å². The molecule has 5 nitrogen and oxygen atoms in total. The van der Waals surface area contributed by atoms with Gasteiger partial charge in [-0.1, -0.05) is 12.1 Å². The second kappa shape index (κ2) is 6.84. The molecule has 132 valence electrons. The van der Waals surface area contributed by atoms with Gasteiger partial charge >= 0.3 is 0 Å². The number of pyridine rings is 1. The van der Waals surface area contributed by atoms with E-state index in [1.54, 1.807) is 12.4 Å². The van der Waals surface area contributed by atoms with Gasteiger partial charge in [0.05, 0.1) is 17.7 Å². The summed E-state index contributed by atoms with van der Waals surface area (Å²) in [5.41, 5.74) is 2.98. The van der Waals surface area contributed by atoms with Crippen molar-refractivity contribution in [1.82, 2.24) is 10.3 Å². The minimum atomic E-state index is -0.555. The van der Waals surface area contributed by atoms with E-state index < -0.39 is 5.54 Å². The Morgan fingerprint density at radius 1 is 1.24 bits per heavy atom. The first-order valence-corrected chi connectivity index (χ1v) is 8.59. The maximum atomic E-state index is 12.6. The Kier molecular flexibility index (Phi) is 4.77. The van der Waals surface area contributed by atoms with Crippen LogP contribution in [0.3, 0.4) is 0 Å². The number of hydrogen-bond donors (Lipinski definition) is 2. The van der Waals surface area contributed by atoms with Crippen LogP contribution >= 0.6 is 0 Å². The Morgan fingerprint density at radius 2 is 1.92 bits per heavy atom. The Morgan fingerprint density at radius 3 is 2.48 bits per heavy atom. The lowest BCUT2D eigenvalue weighted by atomic mass is 9.96. The molecule has 0 saturated heterocycles. The van der Waals surface area contributed by atoms with Crippen LogP contribution in [-0.2, 0) is 0 Å². The quantitative estimate of drug-likeness (QED) is 0.849. The standard InChI is InChI=1S/C20H25N3O2/c1-20(13-24,17-6-7-17)22-19(25)16-10-15(11-21-12-16)14-4-8-18(9-5-14)23(2)3/h4-5,8-12,17,24H,6-7,13H2,1-3H3,(H,22,25). The zero-order valence-corrected chi connectivity index (χ0v) is 15.0. The number of aliphatic hydroxyl groups is 1. The van der Waals surface area contributed by atoms with Crippen LogP contribution in [0.15, 0.2) is 42.7 Å². The number of benzene rings is 1. The van der Waals surface area contributed by atoms with Gasteiger partial charge in [-0.2, -0.15) is 0 Å². The van der Waals surface area contributed by atoms with Crippen LogP contribution in [0.2, 0.25) is 0 Å². The summed E-state index contributed by atoms with van der Waals surface area (Å²) in [4.78, 5) is 18.9. The van der Waals surface area contributed by atoms with Gasteiger partial charge in [0, 0.05) is 37.7 Å². The lowest BCUT2D eigenvalue weighted by Gasteiger charge is -2.28. The van der Waals surface area contributed by atoms with Crippen LogP contribution in [0, 0.1) is 5.92 Å². The van der Waals surface area contributed by atoms with Gasteiger partial charge in [-0.15, -0.1) is 0 Å². The summed E-state index contributed by atoms with van der Waals surface area (Å²) in [7, 11) is 4.00. The predicted molar refractivity (Wildman–Crippen MR) is 99.7 cm³/mol. The number of rotatable bonds is 6. The van der Waals surface area contributed by atoms with E-state index in [0.717, 1.165) is 29.7 Å². The predicted octanol–water partition coefficient (Wildman–Crippen LogP) is 2.71. The molecule has 25 heavy (non-hydrogen) atoms. The van der Waals surface area contributed by atoms with Crippen LogP contribution in [0.25, 0.3) is 11.1 Å². The number of amides is 1. The fraction of sp³-hybridized carbons (Fsp3) is 0.400. The molecular weight excluding hydrogens is 314 g/mol. The average molecular weight is 339 g/mol. The van der Waals surface area contributed by atoms with E-state index >= 15 is 0 Å². The molecule has 1 saturated carbocycles. The van der Waals surface area contributed by atoms with Crippen molar-refractivity contribution in [3.8, 4) is 11.1 Å². The van der Waals surface area contributed by atoms with Gasteiger partial charge in [0.25, 0.3) is 5.91 Å². The average Bonchev–Trinajstić information content (AvgIpc) is 3.47. The number of nitrogens with one attached hydrogen (secondary N) is 1. The number of nitrogens with zero attached hydrogens (tertiary/aromatic N) is 2. The van der Waals surface area contributed by atoms with Crippen LogP contribution in [0.1, 0.15) is 30.1 Å². The minimum absolute atomic E-state index is 0.0531. The van der Waals surface area contributed by atoms with Crippen molar-refractivity contribution >= 4 is 11.6 Å². The van der Waals surface area contributed by atoms with Gasteiger partial charge in [-0.3, -0.25) is 9.78 Å². The van der Waals surface area contributed by atoms with Crippen LogP contribution in [-0.4, -0.2) is 42.2 Å². The maximum absolute atomic E-state index is 12.6. The van der Waals surface area contributed by atoms with E-state index in [1.807, 2.05) is 56.3 Å². The lowest BCUT2D eigenvalue weighted by molar-refractivity contribution is 0.0824. The summed E-state index contributed by atoms with van der Waals surface area (Å²) in [5.74, 6) is 0.166. The van der Waals surface area contributed by atoms with Crippen molar-refractivity contribution in [2.24, 2.45) is 5.92 Å². The van der Waals surface area contributed by atoms with Gasteiger partial charge in [-0.05, 0) is 49.4 Å². The SMILES string of the molecule is CN(C)c1ccc(-c2cncc(C(=O)NC(C)(CO)C3CC3)c2)cc1. The third kappa shape index (κ3) is 3.82. The third-order valence-corrected chi connectivity index (χ3v) is 4.92. The van der Waals surface area contributed by atoms with Crippen LogP contribution in [0.5, 0.6) is 0 Å². The summed E-state index contributed by atoms with van der Waals surface area (Å²) in [6.45, 7) is 1.85. The first-order valence-electron chi connectivity index (χ1n) is 8.59. The van der Waals surface area contributed by atoms with Crippen molar-refractivity contribution in [3.05, 3.63) is 48.3 Å². The Bertz CT molecular complexity index is 754. The molecule has 1 atom stereocenters. The molecular formula is C20H25N3O2. The number of anilines is 1. The first-order chi connectivity index (χ1) is 11.9. The Hall–Kier alpha value is -2.40. The highest BCUT2D eigenvalue weighted by Gasteiger charge is 2.42. The molecule has 3 rings (SSSR count). The molecule has 1 aromatic heterocycles. The zero-order chi connectivity index (χ0) is 18.0. The van der Waals surface area contributed by atoms with Crippen molar-refractivity contribution in [3.63, 3.8) is 0 Å². The third-order valence-electron chi connectivity index (χ3n) is 4.92. The number of aliphatic hydroxyl groups excluding tert-OH is 1. The number of aromatic nitrogens is 1. The Labute approximate surface area is 148 Å². The fourth-order valence-electron chi connectivity index (χ4n) is 3.00. The smallest absolute Gasteiger partial charge is 0.253 e. The van der Waals surface area contributed by atoms with E-state index in [9.17, 15) is 9.90 Å². The number of carbonyl (C=O) groups excluding carboxylic acids is 1. The number of hydrogen-bond acceptors (Lipinski definition) is 4. The van der Waals surface area contributed by atoms with E-state index in [-0.39, 0.29) is 12.5 Å². The molecule has 1 aliphatic rings. The van der Waals surface area contributed by atoms with Gasteiger partial charge < -0.3 is 15.3 Å². The summed E-state index contributed by atoms with van der Waals surface area (Å²) in [6, 6.07) is 9.97. The molecule has 1 amide bonds. The highest BCUT2D eigenvalue weighted by molar-refractivity contribution is 5.95. The van der Waals surface area contributed by atoms with Crippen LogP contribution in [0.4, 0.5) is 5.69 Å². The van der Waals surface area contributed by atoms with E-state index in [4.69, 9.17) is 0 Å². The Balaban J connectivity index is 1.80. The molecule has 0 bridgehead atoms. The normalized spacial score (nSPS) is 16.2. The molecule has 2 N–H and O–H groups in total. The van der Waals surface area contributed by atoms with E-state index in [0.29, 0.717) is 11.5 Å². The van der Waals surface area contributed by atoms with Crippen molar-refractivity contribution in [2.75, 3.05) is 25.6 Å². The van der Waals surface area contributed by atoms with Gasteiger partial charge in [0.1, 0.15) is 0 Å². The number of carbonyl (C=O) groups is 1. The van der Waals surface area contributed by atoms with Gasteiger partial charge in [0.15, 0.2) is 0 Å². The fourth-order valence-corrected chi connectivity index (χ4v) is 3.00. The van der Waals surface area contributed by atoms with Gasteiger partial charge in [0.2, 0.25) is 0 Å². The first kappa shape index (κ1) is 17.4. The zero-order valence-electron chi connectivity index (χ0n) is 15.0. The second-order valence-electron chi connectivity index (χ2n) is 7.21. The molecule has 1 fully saturated rings. The maximum Gasteiger partial charge on any atom is 0.253 e. The molecule has 5 heteroatoms. The highest BCUT2D eigenvalue weighted by atomic mass is 16.3. The van der Waals surface area contributed by atoms with E-state index in [1.165, 1.54) is 0 Å². The van der Waals surface area contributed by atoms with Gasteiger partial charge in [-0.25, -0.2) is 0 Å². The lowest BCUT2D eigenvalue weighted by Crippen LogP contribution is -2.50. The van der Waals surface area contributed by atoms with Crippen molar-refractivity contribution in [1.29, 1.82) is 0 Å². The van der Waals surface area contributed by atoms with Crippen molar-refractivity contribution in [2.45, 2.75) is 25.3 Å². The largest absolute Gasteiger partial charge is 0.394 e. The highest BCUT2D eigenvalue weighted by Crippen LogP contribution is 2.39. The molecule has 0 spiro atoms. The molecule has 1 unspecified atom stereocenters. The summed E-state index contributed by atoms with van der Waals surface area (Å²) >= 11 is 0. The van der Waals surface area contributed by atoms with E-state index in [2.05, 4.69) is 10.3 Å². The topological polar surface area (TPSA) is 65.5 Å². The summed E-state index contributed by atoms with van der Waals surface area (Å²) in [6.07, 6.45) is 5.42. The molecule has 0 radical (unpaired) electrons. The molecule has 2 aromatic rings. The molecule has 1 aromatic carbocycles. The minimum Gasteiger partial charge on any atom is -0.394 e.